The molecule has 6 heteroatoms. The molecule has 0 aromatic rings. The second-order valence-electron chi connectivity index (χ2n) is 8.08. The Hall–Kier alpha value is -1.47. The number of aliphatic hydroxyl groups excluding tert-OH is 1. The largest absolute Gasteiger partial charge is 0.393 e. The van der Waals surface area contributed by atoms with E-state index in [0.717, 1.165) is 43.4 Å². The van der Waals surface area contributed by atoms with Gasteiger partial charge in [-0.15, -0.1) is 0 Å². The molecule has 3 rings (SSSR count). The smallest absolute Gasteiger partial charge is 0.151 e. The Labute approximate surface area is 162 Å². The van der Waals surface area contributed by atoms with Gasteiger partial charge in [0.05, 0.1) is 12.8 Å². The third-order valence-electron chi connectivity index (χ3n) is 6.36. The number of fused-ring (bicyclic) bond motifs is 1. The van der Waals surface area contributed by atoms with Gasteiger partial charge in [-0.3, -0.25) is 15.5 Å². The number of rotatable bonds is 8. The molecular weight excluding hydrogens is 340 g/mol. The van der Waals surface area contributed by atoms with Crippen molar-refractivity contribution in [2.45, 2.75) is 69.9 Å². The molecule has 6 nitrogen and oxygen atoms in total. The molecule has 0 bridgehead atoms. The van der Waals surface area contributed by atoms with Gasteiger partial charge in [0.25, 0.3) is 0 Å². The predicted molar refractivity (Wildman–Crippen MR) is 108 cm³/mol. The molecule has 2 aliphatic heterocycles. The van der Waals surface area contributed by atoms with Crippen LogP contribution < -0.4 is 16.0 Å². The maximum Gasteiger partial charge on any atom is 0.151 e. The lowest BCUT2D eigenvalue weighted by molar-refractivity contribution is -0.113. The van der Waals surface area contributed by atoms with E-state index >= 15 is 0 Å². The van der Waals surface area contributed by atoms with Gasteiger partial charge < -0.3 is 15.2 Å². The second kappa shape index (κ2) is 8.69. The number of carbonyl (C=O) groups excluding carboxylic acids is 1. The fourth-order valence-electron chi connectivity index (χ4n) is 4.58. The van der Waals surface area contributed by atoms with Crippen molar-refractivity contribution in [1.82, 2.24) is 20.9 Å². The average molecular weight is 375 g/mol. The zero-order valence-corrected chi connectivity index (χ0v) is 16.6. The van der Waals surface area contributed by atoms with E-state index < -0.39 is 0 Å². The third-order valence-corrected chi connectivity index (χ3v) is 6.36. The summed E-state index contributed by atoms with van der Waals surface area (Å²) in [7, 11) is 0. The molecule has 27 heavy (non-hydrogen) atoms. The number of nitrogens with zero attached hydrogens (tertiary/aromatic N) is 1. The Kier molecular flexibility index (Phi) is 6.52. The van der Waals surface area contributed by atoms with Crippen molar-refractivity contribution in [1.29, 1.82) is 0 Å². The molecule has 0 saturated carbocycles. The van der Waals surface area contributed by atoms with E-state index in [0.29, 0.717) is 24.9 Å². The molecular formula is C21H34N4O2. The fraction of sp³-hybridized carbons (Fsp3) is 0.667. The van der Waals surface area contributed by atoms with Crippen LogP contribution in [-0.4, -0.2) is 59.9 Å². The number of nitrogens with one attached hydrogen (secondary N) is 3. The van der Waals surface area contributed by atoms with Crippen LogP contribution in [0.15, 0.2) is 36.1 Å². The minimum Gasteiger partial charge on any atom is -0.393 e. The van der Waals surface area contributed by atoms with Gasteiger partial charge in [-0.05, 0) is 37.2 Å². The van der Waals surface area contributed by atoms with Crippen LogP contribution in [0.25, 0.3) is 0 Å². The lowest BCUT2D eigenvalue weighted by Gasteiger charge is -2.42. The monoisotopic (exact) mass is 374 g/mol. The van der Waals surface area contributed by atoms with Gasteiger partial charge in [-0.1, -0.05) is 38.7 Å². The van der Waals surface area contributed by atoms with Crippen molar-refractivity contribution < 1.29 is 9.90 Å². The van der Waals surface area contributed by atoms with Crippen LogP contribution in [0.1, 0.15) is 39.5 Å². The first-order valence-electron chi connectivity index (χ1n) is 10.2. The predicted octanol–water partition coefficient (Wildman–Crippen LogP) is 1.26. The first-order chi connectivity index (χ1) is 13.0. The van der Waals surface area contributed by atoms with Gasteiger partial charge in [0, 0.05) is 30.4 Å². The van der Waals surface area contributed by atoms with Crippen LogP contribution in [0.5, 0.6) is 0 Å². The van der Waals surface area contributed by atoms with E-state index in [1.807, 2.05) is 6.92 Å². The highest BCUT2D eigenvalue weighted by atomic mass is 16.3. The van der Waals surface area contributed by atoms with Gasteiger partial charge in [-0.25, -0.2) is 0 Å². The number of aldehydes is 1. The average Bonchev–Trinajstić information content (AvgIpc) is 3.30. The van der Waals surface area contributed by atoms with Crippen molar-refractivity contribution in [2.24, 2.45) is 5.92 Å². The summed E-state index contributed by atoms with van der Waals surface area (Å²) >= 11 is 0. The summed E-state index contributed by atoms with van der Waals surface area (Å²) in [6, 6.07) is 0.645. The van der Waals surface area contributed by atoms with Crippen molar-refractivity contribution in [2.75, 3.05) is 13.2 Å². The van der Waals surface area contributed by atoms with Crippen LogP contribution >= 0.6 is 0 Å². The highest BCUT2D eigenvalue weighted by molar-refractivity contribution is 5.58. The molecule has 2 saturated heterocycles. The van der Waals surface area contributed by atoms with Gasteiger partial charge in [0.2, 0.25) is 0 Å². The number of hydrogen-bond donors (Lipinski definition) is 4. The molecule has 6 atom stereocenters. The van der Waals surface area contributed by atoms with Gasteiger partial charge in [0.1, 0.15) is 6.17 Å². The quantitative estimate of drug-likeness (QED) is 0.379. The van der Waals surface area contributed by atoms with Crippen molar-refractivity contribution in [3.05, 3.63) is 36.1 Å². The summed E-state index contributed by atoms with van der Waals surface area (Å²) in [6.07, 6.45) is 5.87. The molecule has 150 valence electrons. The first-order valence-corrected chi connectivity index (χ1v) is 10.2. The number of hydrogen-bond acceptors (Lipinski definition) is 6. The maximum absolute atomic E-state index is 11.8. The molecule has 4 N–H and O–H groups in total. The van der Waals surface area contributed by atoms with E-state index in [4.69, 9.17) is 0 Å². The van der Waals surface area contributed by atoms with Crippen LogP contribution in [0.3, 0.4) is 0 Å². The van der Waals surface area contributed by atoms with E-state index in [9.17, 15) is 9.90 Å². The molecule has 0 aromatic heterocycles. The van der Waals surface area contributed by atoms with E-state index in [2.05, 4.69) is 47.0 Å². The summed E-state index contributed by atoms with van der Waals surface area (Å²) in [5.74, 6) is 0.344. The molecule has 0 aromatic carbocycles. The normalized spacial score (nSPS) is 34.5. The zero-order valence-electron chi connectivity index (χ0n) is 16.6. The van der Waals surface area contributed by atoms with E-state index in [1.54, 1.807) is 0 Å². The summed E-state index contributed by atoms with van der Waals surface area (Å²) in [5.41, 5.74) is 3.24. The topological polar surface area (TPSA) is 76.6 Å². The molecule has 0 amide bonds. The Morgan fingerprint density at radius 3 is 2.93 bits per heavy atom. The lowest BCUT2D eigenvalue weighted by atomic mass is 9.84. The Morgan fingerprint density at radius 2 is 2.22 bits per heavy atom. The Balaban J connectivity index is 1.74. The maximum atomic E-state index is 11.8. The second-order valence-corrected chi connectivity index (χ2v) is 8.08. The first kappa shape index (κ1) is 20.3. The highest BCUT2D eigenvalue weighted by Gasteiger charge is 2.44. The highest BCUT2D eigenvalue weighted by Crippen LogP contribution is 2.34. The van der Waals surface area contributed by atoms with Crippen LogP contribution in [-0.2, 0) is 4.79 Å². The van der Waals surface area contributed by atoms with Crippen LogP contribution in [0.2, 0.25) is 0 Å². The zero-order chi connectivity index (χ0) is 19.6. The van der Waals surface area contributed by atoms with Gasteiger partial charge in [-0.2, -0.15) is 0 Å². The van der Waals surface area contributed by atoms with Crippen LogP contribution in [0.4, 0.5) is 0 Å². The Bertz CT molecular complexity index is 617. The van der Waals surface area contributed by atoms with E-state index in [1.165, 1.54) is 5.70 Å². The van der Waals surface area contributed by atoms with E-state index in [-0.39, 0.29) is 24.4 Å². The van der Waals surface area contributed by atoms with Crippen molar-refractivity contribution in [3.63, 3.8) is 0 Å². The summed E-state index contributed by atoms with van der Waals surface area (Å²) in [4.78, 5) is 14.1. The summed E-state index contributed by atoms with van der Waals surface area (Å²) in [5, 5.41) is 20.1. The van der Waals surface area contributed by atoms with Crippen molar-refractivity contribution in [3.8, 4) is 0 Å². The van der Waals surface area contributed by atoms with Crippen molar-refractivity contribution >= 4 is 6.29 Å². The lowest BCUT2D eigenvalue weighted by Crippen LogP contribution is -2.53. The number of carbonyl (C=O) groups is 1. The SMILES string of the molecule is C=C(CC[C@H](O)CC)C(=C)[C@@H]1CN[C@H](C=O)N1C1CC2NCNC2=C[C@@H]1C. The molecule has 3 aliphatic rings. The molecule has 0 spiro atoms. The molecule has 0 radical (unpaired) electrons. The summed E-state index contributed by atoms with van der Waals surface area (Å²) < 4.78 is 0. The van der Waals surface area contributed by atoms with Crippen LogP contribution in [0, 0.1) is 5.92 Å². The number of aliphatic hydroxyl groups is 1. The molecule has 2 heterocycles. The molecule has 1 aliphatic carbocycles. The molecule has 2 unspecified atom stereocenters. The standard InChI is InChI=1S/C21H34N4O2/c1-5-16(27)7-6-13(2)15(4)20-10-22-21(11-26)25(20)19-9-18-17(8-14(19)3)23-12-24-18/h8,11,14,16,18-24,27H,2,4-7,9-10,12H2,1,3H3/t14-,16+,18?,19?,20-,21-/m0/s1. The minimum absolute atomic E-state index is 0.0585. The summed E-state index contributed by atoms with van der Waals surface area (Å²) in [6.45, 7) is 14.3. The van der Waals surface area contributed by atoms with Gasteiger partial charge >= 0.3 is 0 Å². The fourth-order valence-corrected chi connectivity index (χ4v) is 4.58. The minimum atomic E-state index is -0.294. The van der Waals surface area contributed by atoms with Gasteiger partial charge in [0.15, 0.2) is 6.29 Å². The third kappa shape index (κ3) is 4.19. The Morgan fingerprint density at radius 1 is 1.44 bits per heavy atom. The molecule has 2 fully saturated rings.